The number of hydrogen-bond acceptors (Lipinski definition) is 3. The lowest BCUT2D eigenvalue weighted by molar-refractivity contribution is -0.139. The highest BCUT2D eigenvalue weighted by molar-refractivity contribution is 5.79. The second kappa shape index (κ2) is 6.43. The predicted molar refractivity (Wildman–Crippen MR) is 81.9 cm³/mol. The minimum atomic E-state index is -4.79. The molecule has 0 saturated carbocycles. The third-order valence-electron chi connectivity index (χ3n) is 4.18. The maximum absolute atomic E-state index is 13.1. The van der Waals surface area contributed by atoms with E-state index in [1.807, 2.05) is 0 Å². The number of benzene rings is 1. The predicted octanol–water partition coefficient (Wildman–Crippen LogP) is 1.35. The van der Waals surface area contributed by atoms with Crippen LogP contribution in [-0.4, -0.2) is 27.3 Å². The molecule has 26 heavy (non-hydrogen) atoms. The van der Waals surface area contributed by atoms with Crippen LogP contribution in [-0.2, 0) is 30.4 Å². The smallest absolute Gasteiger partial charge is 0.336 e. The van der Waals surface area contributed by atoms with Crippen molar-refractivity contribution in [2.45, 2.75) is 25.6 Å². The van der Waals surface area contributed by atoms with Gasteiger partial charge in [0.25, 0.3) is 5.56 Å². The van der Waals surface area contributed by atoms with Crippen LogP contribution in [0, 0.1) is 5.82 Å². The van der Waals surface area contributed by atoms with Gasteiger partial charge in [-0.05, 0) is 24.1 Å². The highest BCUT2D eigenvalue weighted by Crippen LogP contribution is 2.33. The summed E-state index contributed by atoms with van der Waals surface area (Å²) < 4.78 is 52.3. The van der Waals surface area contributed by atoms with E-state index >= 15 is 0 Å². The number of H-pyrrole nitrogens is 2. The van der Waals surface area contributed by atoms with Crippen molar-refractivity contribution in [2.75, 3.05) is 6.54 Å². The first-order chi connectivity index (χ1) is 12.1. The molecule has 138 valence electrons. The largest absolute Gasteiger partial charge is 0.416 e. The fourth-order valence-electron chi connectivity index (χ4n) is 2.93. The Morgan fingerprint density at radius 1 is 1.19 bits per heavy atom. The lowest BCUT2D eigenvalue weighted by atomic mass is 10.0. The average Bonchev–Trinajstić information content (AvgIpc) is 2.54. The summed E-state index contributed by atoms with van der Waals surface area (Å²) in [5, 5.41) is 0. The summed E-state index contributed by atoms with van der Waals surface area (Å²) in [6.45, 7) is 0.0410. The molecule has 0 radical (unpaired) electrons. The van der Waals surface area contributed by atoms with Crippen molar-refractivity contribution in [3.05, 3.63) is 67.2 Å². The minimum Gasteiger partial charge on any atom is -0.336 e. The van der Waals surface area contributed by atoms with E-state index in [0.29, 0.717) is 11.6 Å². The van der Waals surface area contributed by atoms with E-state index in [0.717, 1.165) is 12.1 Å². The molecule has 1 aromatic heterocycles. The van der Waals surface area contributed by atoms with Crippen LogP contribution in [0.5, 0.6) is 0 Å². The standard InChI is InChI=1S/C16H13F4N3O3/c17-9-2-1-8(11(6-9)16(18,19)20)5-13(24)23-4-3-10-12(7-23)21-15(26)22-14(10)25/h1-2,6H,3-5,7H2,(H2,21,22,25,26). The fraction of sp³-hybridized carbons (Fsp3) is 0.312. The van der Waals surface area contributed by atoms with Gasteiger partial charge in [-0.2, -0.15) is 13.2 Å². The summed E-state index contributed by atoms with van der Waals surface area (Å²) in [7, 11) is 0. The monoisotopic (exact) mass is 371 g/mol. The van der Waals surface area contributed by atoms with Gasteiger partial charge in [-0.1, -0.05) is 6.07 Å². The first-order valence-corrected chi connectivity index (χ1v) is 7.63. The average molecular weight is 371 g/mol. The number of fused-ring (bicyclic) bond motifs is 1. The number of nitrogens with one attached hydrogen (secondary N) is 2. The van der Waals surface area contributed by atoms with Crippen molar-refractivity contribution in [2.24, 2.45) is 0 Å². The molecule has 0 atom stereocenters. The van der Waals surface area contributed by atoms with E-state index in [2.05, 4.69) is 9.97 Å². The van der Waals surface area contributed by atoms with Gasteiger partial charge in [0.1, 0.15) is 5.82 Å². The number of rotatable bonds is 2. The number of carbonyl (C=O) groups is 1. The van der Waals surface area contributed by atoms with Crippen LogP contribution in [0.3, 0.4) is 0 Å². The van der Waals surface area contributed by atoms with Gasteiger partial charge in [-0.3, -0.25) is 14.6 Å². The highest BCUT2D eigenvalue weighted by Gasteiger charge is 2.35. The summed E-state index contributed by atoms with van der Waals surface area (Å²) >= 11 is 0. The zero-order valence-corrected chi connectivity index (χ0v) is 13.2. The van der Waals surface area contributed by atoms with Crippen molar-refractivity contribution in [3.8, 4) is 0 Å². The lowest BCUT2D eigenvalue weighted by Gasteiger charge is -2.28. The Morgan fingerprint density at radius 2 is 1.92 bits per heavy atom. The van der Waals surface area contributed by atoms with E-state index in [9.17, 15) is 31.9 Å². The van der Waals surface area contributed by atoms with Crippen molar-refractivity contribution in [1.29, 1.82) is 0 Å². The van der Waals surface area contributed by atoms with E-state index in [-0.39, 0.29) is 30.8 Å². The number of amides is 1. The molecule has 2 aromatic rings. The molecule has 3 rings (SSSR count). The molecule has 0 saturated heterocycles. The number of aromatic amines is 2. The van der Waals surface area contributed by atoms with Crippen LogP contribution in [0.1, 0.15) is 22.4 Å². The molecular formula is C16H13F4N3O3. The van der Waals surface area contributed by atoms with Crippen molar-refractivity contribution in [3.63, 3.8) is 0 Å². The number of hydrogen-bond donors (Lipinski definition) is 2. The molecule has 0 aliphatic carbocycles. The third kappa shape index (κ3) is 3.53. The van der Waals surface area contributed by atoms with Crippen molar-refractivity contribution < 1.29 is 22.4 Å². The van der Waals surface area contributed by atoms with Crippen molar-refractivity contribution in [1.82, 2.24) is 14.9 Å². The summed E-state index contributed by atoms with van der Waals surface area (Å²) in [6, 6.07) is 2.14. The molecule has 0 bridgehead atoms. The van der Waals surface area contributed by atoms with E-state index in [1.54, 1.807) is 0 Å². The van der Waals surface area contributed by atoms with Gasteiger partial charge in [0.2, 0.25) is 5.91 Å². The van der Waals surface area contributed by atoms with E-state index in [1.165, 1.54) is 4.90 Å². The Labute approximate surface area is 143 Å². The van der Waals surface area contributed by atoms with Gasteiger partial charge in [0, 0.05) is 17.8 Å². The highest BCUT2D eigenvalue weighted by atomic mass is 19.4. The van der Waals surface area contributed by atoms with Crippen molar-refractivity contribution >= 4 is 5.91 Å². The fourth-order valence-corrected chi connectivity index (χ4v) is 2.93. The SMILES string of the molecule is O=C(Cc1ccc(F)cc1C(F)(F)F)N1CCc2c([nH]c(=O)[nH]c2=O)C1. The molecule has 1 aliphatic rings. The number of nitrogens with zero attached hydrogens (tertiary/aromatic N) is 1. The molecule has 1 amide bonds. The summed E-state index contributed by atoms with van der Waals surface area (Å²) in [6.07, 6.45) is -5.19. The topological polar surface area (TPSA) is 86.0 Å². The molecule has 0 spiro atoms. The summed E-state index contributed by atoms with van der Waals surface area (Å²) in [4.78, 5) is 41.2. The molecule has 0 unspecified atom stereocenters. The number of aromatic nitrogens is 2. The van der Waals surface area contributed by atoms with Gasteiger partial charge in [0.15, 0.2) is 0 Å². The Bertz CT molecular complexity index is 978. The van der Waals surface area contributed by atoms with Gasteiger partial charge in [0.05, 0.1) is 18.5 Å². The number of halogens is 4. The Morgan fingerprint density at radius 3 is 2.62 bits per heavy atom. The molecule has 1 aliphatic heterocycles. The maximum atomic E-state index is 13.1. The molecule has 2 N–H and O–H groups in total. The van der Waals surface area contributed by atoms with Gasteiger partial charge in [-0.25, -0.2) is 9.18 Å². The van der Waals surface area contributed by atoms with Gasteiger partial charge < -0.3 is 9.88 Å². The summed E-state index contributed by atoms with van der Waals surface area (Å²) in [5.74, 6) is -1.66. The third-order valence-corrected chi connectivity index (χ3v) is 4.18. The number of alkyl halides is 3. The zero-order valence-electron chi connectivity index (χ0n) is 13.2. The molecular weight excluding hydrogens is 358 g/mol. The Balaban J connectivity index is 1.84. The van der Waals surface area contributed by atoms with Crippen LogP contribution in [0.25, 0.3) is 0 Å². The molecule has 0 fully saturated rings. The lowest BCUT2D eigenvalue weighted by Crippen LogP contribution is -2.42. The molecule has 10 heteroatoms. The minimum absolute atomic E-state index is 0.0874. The zero-order chi connectivity index (χ0) is 19.1. The molecule has 1 aromatic carbocycles. The number of carbonyl (C=O) groups excluding carboxylic acids is 1. The van der Waals surface area contributed by atoms with Gasteiger partial charge in [-0.15, -0.1) is 0 Å². The van der Waals surface area contributed by atoms with Crippen LogP contribution in [0.4, 0.5) is 17.6 Å². The van der Waals surface area contributed by atoms with Crippen LogP contribution < -0.4 is 11.2 Å². The van der Waals surface area contributed by atoms with Gasteiger partial charge >= 0.3 is 11.9 Å². The normalized spacial score (nSPS) is 14.2. The second-order valence-electron chi connectivity index (χ2n) is 5.91. The molecule has 6 nitrogen and oxygen atoms in total. The first kappa shape index (κ1) is 17.9. The van der Waals surface area contributed by atoms with E-state index < -0.39 is 41.1 Å². The maximum Gasteiger partial charge on any atom is 0.416 e. The Kier molecular flexibility index (Phi) is 4.43. The first-order valence-electron chi connectivity index (χ1n) is 7.63. The van der Waals surface area contributed by atoms with Crippen LogP contribution in [0.2, 0.25) is 0 Å². The second-order valence-corrected chi connectivity index (χ2v) is 5.91. The van der Waals surface area contributed by atoms with Crippen LogP contribution in [0.15, 0.2) is 27.8 Å². The molecule has 2 heterocycles. The Hall–Kier alpha value is -2.91. The quantitative estimate of drug-likeness (QED) is 0.782. The van der Waals surface area contributed by atoms with Crippen LogP contribution >= 0.6 is 0 Å². The van der Waals surface area contributed by atoms with E-state index in [4.69, 9.17) is 0 Å². The summed E-state index contributed by atoms with van der Waals surface area (Å²) in [5.41, 5.74) is -2.21.